The fraction of sp³-hybridized carbons (Fsp3) is 0.154. The van der Waals surface area contributed by atoms with Crippen LogP contribution in [-0.4, -0.2) is 21.6 Å². The molecule has 0 aliphatic rings. The van der Waals surface area contributed by atoms with Gasteiger partial charge in [0.05, 0.1) is 6.10 Å². The molecule has 7 heteroatoms. The Morgan fingerprint density at radius 3 is 2.55 bits per heavy atom. The number of aliphatic hydroxyl groups excluding tert-OH is 1. The number of nitrogens with one attached hydrogen (secondary N) is 1. The molecule has 1 atom stereocenters. The molecule has 20 heavy (non-hydrogen) atoms. The maximum Gasteiger partial charge on any atom is 0.182 e. The number of anilines is 1. The van der Waals surface area contributed by atoms with Crippen LogP contribution in [0.4, 0.5) is 5.82 Å². The van der Waals surface area contributed by atoms with Gasteiger partial charge in [-0.2, -0.15) is 5.26 Å². The van der Waals surface area contributed by atoms with Gasteiger partial charge in [-0.3, -0.25) is 0 Å². The van der Waals surface area contributed by atoms with Gasteiger partial charge < -0.3 is 10.4 Å². The van der Waals surface area contributed by atoms with Gasteiger partial charge in [-0.15, -0.1) is 0 Å². The molecule has 0 aliphatic carbocycles. The zero-order chi connectivity index (χ0) is 14.5. The van der Waals surface area contributed by atoms with Crippen molar-refractivity contribution in [2.24, 2.45) is 0 Å². The quantitative estimate of drug-likeness (QED) is 0.907. The molecule has 0 radical (unpaired) electrons. The molecule has 0 fully saturated rings. The monoisotopic (exact) mass is 308 g/mol. The predicted octanol–water partition coefficient (Wildman–Crippen LogP) is 2.80. The summed E-state index contributed by atoms with van der Waals surface area (Å²) in [6.07, 6.45) is 1.95. The second-order valence-electron chi connectivity index (χ2n) is 3.90. The Labute approximate surface area is 125 Å². The van der Waals surface area contributed by atoms with Gasteiger partial charge in [0.15, 0.2) is 11.5 Å². The average molecular weight is 309 g/mol. The molecule has 0 aliphatic heterocycles. The lowest BCUT2D eigenvalue weighted by molar-refractivity contribution is 0.191. The third kappa shape index (κ3) is 3.17. The smallest absolute Gasteiger partial charge is 0.182 e. The summed E-state index contributed by atoms with van der Waals surface area (Å²) in [4.78, 5) is 7.85. The molecule has 5 nitrogen and oxygen atoms in total. The number of hydrogen-bond donors (Lipinski definition) is 2. The number of nitriles is 1. The maximum atomic E-state index is 10.1. The Balaban J connectivity index is 2.13. The normalized spacial score (nSPS) is 11.7. The van der Waals surface area contributed by atoms with Crippen molar-refractivity contribution in [3.8, 4) is 6.07 Å². The van der Waals surface area contributed by atoms with E-state index in [0.29, 0.717) is 21.4 Å². The summed E-state index contributed by atoms with van der Waals surface area (Å²) < 4.78 is 0. The summed E-state index contributed by atoms with van der Waals surface area (Å²) in [6, 6.07) is 6.91. The van der Waals surface area contributed by atoms with E-state index in [1.807, 2.05) is 6.07 Å². The molecule has 1 unspecified atom stereocenters. The number of aliphatic hydroxyl groups is 1. The van der Waals surface area contributed by atoms with Crippen LogP contribution in [-0.2, 0) is 0 Å². The van der Waals surface area contributed by atoms with E-state index < -0.39 is 6.10 Å². The minimum absolute atomic E-state index is 0.108. The van der Waals surface area contributed by atoms with Crippen LogP contribution < -0.4 is 5.32 Å². The van der Waals surface area contributed by atoms with E-state index in [1.165, 1.54) is 12.4 Å². The van der Waals surface area contributed by atoms with Crippen molar-refractivity contribution in [1.29, 1.82) is 5.26 Å². The lowest BCUT2D eigenvalue weighted by atomic mass is 10.1. The number of halogens is 2. The highest BCUT2D eigenvalue weighted by Gasteiger charge is 2.16. The van der Waals surface area contributed by atoms with Gasteiger partial charge in [0, 0.05) is 34.5 Å². The standard InChI is InChI=1S/C13H10Cl2N4O/c14-8-2-1-3-9(15)12(8)11(20)7-19-13-10(6-16)17-4-5-18-13/h1-5,11,20H,7H2,(H,18,19). The van der Waals surface area contributed by atoms with E-state index in [2.05, 4.69) is 15.3 Å². The Morgan fingerprint density at radius 1 is 1.25 bits per heavy atom. The van der Waals surface area contributed by atoms with Crippen molar-refractivity contribution in [2.75, 3.05) is 11.9 Å². The van der Waals surface area contributed by atoms with Crippen LogP contribution >= 0.6 is 23.2 Å². The van der Waals surface area contributed by atoms with E-state index in [4.69, 9.17) is 28.5 Å². The molecule has 1 aromatic carbocycles. The summed E-state index contributed by atoms with van der Waals surface area (Å²) in [6.45, 7) is 0.108. The fourth-order valence-electron chi connectivity index (χ4n) is 1.67. The van der Waals surface area contributed by atoms with Gasteiger partial charge in [0.2, 0.25) is 0 Å². The minimum Gasteiger partial charge on any atom is -0.386 e. The van der Waals surface area contributed by atoms with Gasteiger partial charge in [-0.25, -0.2) is 9.97 Å². The molecule has 0 amide bonds. The molecular weight excluding hydrogens is 299 g/mol. The summed E-state index contributed by atoms with van der Waals surface area (Å²) in [5, 5.41) is 22.7. The summed E-state index contributed by atoms with van der Waals surface area (Å²) in [7, 11) is 0. The van der Waals surface area contributed by atoms with E-state index >= 15 is 0 Å². The van der Waals surface area contributed by atoms with Crippen LogP contribution in [0.25, 0.3) is 0 Å². The van der Waals surface area contributed by atoms with Gasteiger partial charge in [-0.05, 0) is 12.1 Å². The second kappa shape index (κ2) is 6.53. The minimum atomic E-state index is -0.926. The molecule has 0 bridgehead atoms. The Bertz CT molecular complexity index is 637. The Morgan fingerprint density at radius 2 is 1.90 bits per heavy atom. The van der Waals surface area contributed by atoms with Gasteiger partial charge in [-0.1, -0.05) is 29.3 Å². The first-order valence-electron chi connectivity index (χ1n) is 5.70. The SMILES string of the molecule is N#Cc1nccnc1NCC(O)c1c(Cl)cccc1Cl. The fourth-order valence-corrected chi connectivity index (χ4v) is 2.32. The largest absolute Gasteiger partial charge is 0.386 e. The van der Waals surface area contributed by atoms with Gasteiger partial charge >= 0.3 is 0 Å². The molecule has 2 rings (SSSR count). The first-order valence-corrected chi connectivity index (χ1v) is 6.46. The van der Waals surface area contributed by atoms with Crippen molar-refractivity contribution in [1.82, 2.24) is 9.97 Å². The van der Waals surface area contributed by atoms with Crippen LogP contribution in [0.5, 0.6) is 0 Å². The highest BCUT2D eigenvalue weighted by atomic mass is 35.5. The zero-order valence-electron chi connectivity index (χ0n) is 10.2. The van der Waals surface area contributed by atoms with Crippen LogP contribution in [0, 0.1) is 11.3 Å². The molecule has 0 spiro atoms. The third-order valence-corrected chi connectivity index (χ3v) is 3.26. The average Bonchev–Trinajstić information content (AvgIpc) is 2.45. The number of hydrogen-bond acceptors (Lipinski definition) is 5. The molecular formula is C13H10Cl2N4O. The summed E-state index contributed by atoms with van der Waals surface area (Å²) in [5.41, 5.74) is 0.593. The van der Waals surface area contributed by atoms with Crippen molar-refractivity contribution in [2.45, 2.75) is 6.10 Å². The predicted molar refractivity (Wildman–Crippen MR) is 76.7 cm³/mol. The van der Waals surface area contributed by atoms with Crippen molar-refractivity contribution < 1.29 is 5.11 Å². The van der Waals surface area contributed by atoms with Crippen LogP contribution in [0.1, 0.15) is 17.4 Å². The third-order valence-electron chi connectivity index (χ3n) is 2.60. The number of aromatic nitrogens is 2. The first-order chi connectivity index (χ1) is 9.63. The van der Waals surface area contributed by atoms with Gasteiger partial charge in [0.25, 0.3) is 0 Å². The van der Waals surface area contributed by atoms with E-state index in [9.17, 15) is 5.11 Å². The van der Waals surface area contributed by atoms with Crippen LogP contribution in [0.3, 0.4) is 0 Å². The Kier molecular flexibility index (Phi) is 4.74. The zero-order valence-corrected chi connectivity index (χ0v) is 11.7. The highest BCUT2D eigenvalue weighted by Crippen LogP contribution is 2.30. The number of benzene rings is 1. The molecule has 1 heterocycles. The van der Waals surface area contributed by atoms with E-state index in [0.717, 1.165) is 0 Å². The number of nitrogens with zero attached hydrogens (tertiary/aromatic N) is 3. The molecule has 102 valence electrons. The lowest BCUT2D eigenvalue weighted by Gasteiger charge is -2.15. The molecule has 0 saturated heterocycles. The van der Waals surface area contributed by atoms with Gasteiger partial charge in [0.1, 0.15) is 6.07 Å². The first kappa shape index (κ1) is 14.5. The summed E-state index contributed by atoms with van der Waals surface area (Å²) in [5.74, 6) is 0.303. The number of rotatable bonds is 4. The lowest BCUT2D eigenvalue weighted by Crippen LogP contribution is -2.15. The topological polar surface area (TPSA) is 81.8 Å². The van der Waals surface area contributed by atoms with Crippen molar-refractivity contribution in [3.63, 3.8) is 0 Å². The maximum absolute atomic E-state index is 10.1. The van der Waals surface area contributed by atoms with Crippen molar-refractivity contribution in [3.05, 3.63) is 51.9 Å². The summed E-state index contributed by atoms with van der Waals surface area (Å²) >= 11 is 12.0. The van der Waals surface area contributed by atoms with Crippen molar-refractivity contribution >= 4 is 29.0 Å². The Hall–Kier alpha value is -1.87. The second-order valence-corrected chi connectivity index (χ2v) is 4.71. The van der Waals surface area contributed by atoms with E-state index in [1.54, 1.807) is 18.2 Å². The van der Waals surface area contributed by atoms with Crippen LogP contribution in [0.15, 0.2) is 30.6 Å². The molecule has 0 saturated carbocycles. The van der Waals surface area contributed by atoms with Crippen LogP contribution in [0.2, 0.25) is 10.0 Å². The molecule has 2 aromatic rings. The molecule has 2 N–H and O–H groups in total. The highest BCUT2D eigenvalue weighted by molar-refractivity contribution is 6.36. The van der Waals surface area contributed by atoms with E-state index in [-0.39, 0.29) is 12.2 Å². The molecule has 1 aromatic heterocycles.